The number of methoxy groups -OCH3 is 1. The van der Waals surface area contributed by atoms with Crippen LogP contribution in [0, 0.1) is 0 Å². The number of amides is 2. The molecule has 0 N–H and O–H groups in total. The van der Waals surface area contributed by atoms with Gasteiger partial charge in [0.15, 0.2) is 0 Å². The zero-order valence-electron chi connectivity index (χ0n) is 16.9. The third kappa shape index (κ3) is 4.16. The molecule has 2 fully saturated rings. The molecule has 0 spiro atoms. The minimum atomic E-state index is -0.643. The van der Waals surface area contributed by atoms with Crippen molar-refractivity contribution in [3.05, 3.63) is 54.0 Å². The SMILES string of the molecule is COc1ccc(C2C(=O)N(C3CCCCCC3)CC(=O)N2Cc2ccco2)cc1. The van der Waals surface area contributed by atoms with Gasteiger partial charge in [-0.3, -0.25) is 9.59 Å². The maximum absolute atomic E-state index is 13.6. The van der Waals surface area contributed by atoms with Gasteiger partial charge in [-0.05, 0) is 42.7 Å². The monoisotopic (exact) mass is 396 g/mol. The van der Waals surface area contributed by atoms with Gasteiger partial charge in [-0.2, -0.15) is 0 Å². The van der Waals surface area contributed by atoms with Gasteiger partial charge in [0.2, 0.25) is 5.91 Å². The molecule has 2 aromatic rings. The number of carbonyl (C=O) groups excluding carboxylic acids is 2. The summed E-state index contributed by atoms with van der Waals surface area (Å²) < 4.78 is 10.7. The van der Waals surface area contributed by atoms with Crippen molar-refractivity contribution in [1.82, 2.24) is 9.80 Å². The summed E-state index contributed by atoms with van der Waals surface area (Å²) in [5.74, 6) is 1.37. The van der Waals surface area contributed by atoms with E-state index in [1.807, 2.05) is 35.2 Å². The Bertz CT molecular complexity index is 823. The molecular formula is C23H28N2O4. The Balaban J connectivity index is 1.66. The van der Waals surface area contributed by atoms with E-state index in [0.29, 0.717) is 5.76 Å². The summed E-state index contributed by atoms with van der Waals surface area (Å²) >= 11 is 0. The Morgan fingerprint density at radius 2 is 1.76 bits per heavy atom. The molecule has 2 aliphatic rings. The molecule has 4 rings (SSSR count). The number of carbonyl (C=O) groups is 2. The fraction of sp³-hybridized carbons (Fsp3) is 0.478. The molecule has 1 saturated heterocycles. The number of furan rings is 1. The van der Waals surface area contributed by atoms with Gasteiger partial charge in [0.25, 0.3) is 5.91 Å². The van der Waals surface area contributed by atoms with Crippen LogP contribution in [0.5, 0.6) is 5.75 Å². The molecule has 6 heteroatoms. The maximum atomic E-state index is 13.6. The van der Waals surface area contributed by atoms with E-state index in [1.165, 1.54) is 12.8 Å². The number of hydrogen-bond acceptors (Lipinski definition) is 4. The Labute approximate surface area is 171 Å². The lowest BCUT2D eigenvalue weighted by Gasteiger charge is -2.43. The van der Waals surface area contributed by atoms with Crippen LogP contribution in [0.4, 0.5) is 0 Å². The largest absolute Gasteiger partial charge is 0.497 e. The van der Waals surface area contributed by atoms with E-state index in [0.717, 1.165) is 37.0 Å². The number of nitrogens with zero attached hydrogens (tertiary/aromatic N) is 2. The van der Waals surface area contributed by atoms with Crippen molar-refractivity contribution in [1.29, 1.82) is 0 Å². The summed E-state index contributed by atoms with van der Waals surface area (Å²) in [6.45, 7) is 0.434. The zero-order chi connectivity index (χ0) is 20.2. The third-order valence-corrected chi connectivity index (χ3v) is 6.06. The molecule has 154 valence electrons. The molecular weight excluding hydrogens is 368 g/mol. The highest BCUT2D eigenvalue weighted by Gasteiger charge is 2.43. The van der Waals surface area contributed by atoms with Crippen molar-refractivity contribution in [2.75, 3.05) is 13.7 Å². The van der Waals surface area contributed by atoms with Crippen molar-refractivity contribution < 1.29 is 18.7 Å². The van der Waals surface area contributed by atoms with Crippen LogP contribution in [0.25, 0.3) is 0 Å². The van der Waals surface area contributed by atoms with E-state index >= 15 is 0 Å². The second kappa shape index (κ2) is 8.72. The topological polar surface area (TPSA) is 63.0 Å². The lowest BCUT2D eigenvalue weighted by Crippen LogP contribution is -2.57. The Morgan fingerprint density at radius 1 is 1.03 bits per heavy atom. The van der Waals surface area contributed by atoms with Crippen molar-refractivity contribution in [2.45, 2.75) is 57.2 Å². The third-order valence-electron chi connectivity index (χ3n) is 6.06. The quantitative estimate of drug-likeness (QED) is 0.719. The van der Waals surface area contributed by atoms with E-state index < -0.39 is 6.04 Å². The van der Waals surface area contributed by atoms with Crippen molar-refractivity contribution in [2.24, 2.45) is 0 Å². The van der Waals surface area contributed by atoms with Crippen LogP contribution in [-0.2, 0) is 16.1 Å². The van der Waals surface area contributed by atoms with Crippen LogP contribution in [0.1, 0.15) is 55.9 Å². The molecule has 1 aromatic heterocycles. The Kier molecular flexibility index (Phi) is 5.88. The van der Waals surface area contributed by atoms with Crippen molar-refractivity contribution >= 4 is 11.8 Å². The van der Waals surface area contributed by atoms with Gasteiger partial charge in [0, 0.05) is 6.04 Å². The number of hydrogen-bond donors (Lipinski definition) is 0. The predicted octanol–water partition coefficient (Wildman–Crippen LogP) is 3.92. The molecule has 1 saturated carbocycles. The first kappa shape index (κ1) is 19.6. The second-order valence-corrected chi connectivity index (χ2v) is 7.89. The molecule has 1 unspecified atom stereocenters. The molecule has 0 bridgehead atoms. The predicted molar refractivity (Wildman–Crippen MR) is 108 cm³/mol. The van der Waals surface area contributed by atoms with E-state index in [-0.39, 0.29) is 30.9 Å². The van der Waals surface area contributed by atoms with Gasteiger partial charge in [-0.15, -0.1) is 0 Å². The zero-order valence-corrected chi connectivity index (χ0v) is 16.9. The van der Waals surface area contributed by atoms with Gasteiger partial charge < -0.3 is 19.0 Å². The molecule has 2 amide bonds. The van der Waals surface area contributed by atoms with E-state index in [1.54, 1.807) is 24.3 Å². The average molecular weight is 396 g/mol. The molecule has 2 heterocycles. The summed E-state index contributed by atoms with van der Waals surface area (Å²) in [6, 6.07) is 10.6. The van der Waals surface area contributed by atoms with Crippen LogP contribution in [-0.4, -0.2) is 41.3 Å². The summed E-state index contributed by atoms with van der Waals surface area (Å²) in [5.41, 5.74) is 0.800. The smallest absolute Gasteiger partial charge is 0.250 e. The Morgan fingerprint density at radius 3 is 2.38 bits per heavy atom. The lowest BCUT2D eigenvalue weighted by molar-refractivity contribution is -0.159. The minimum absolute atomic E-state index is 0.00761. The second-order valence-electron chi connectivity index (χ2n) is 7.89. The molecule has 1 aromatic carbocycles. The molecule has 1 aliphatic carbocycles. The fourth-order valence-corrected chi connectivity index (χ4v) is 4.49. The summed E-state index contributed by atoms with van der Waals surface area (Å²) in [6.07, 6.45) is 8.20. The fourth-order valence-electron chi connectivity index (χ4n) is 4.49. The van der Waals surface area contributed by atoms with E-state index in [2.05, 4.69) is 0 Å². The lowest BCUT2D eigenvalue weighted by atomic mass is 9.97. The van der Waals surface area contributed by atoms with E-state index in [4.69, 9.17) is 9.15 Å². The Hall–Kier alpha value is -2.76. The number of benzene rings is 1. The van der Waals surface area contributed by atoms with Gasteiger partial charge in [0.1, 0.15) is 24.1 Å². The highest BCUT2D eigenvalue weighted by atomic mass is 16.5. The number of piperazine rings is 1. The van der Waals surface area contributed by atoms with Crippen LogP contribution < -0.4 is 4.74 Å². The first-order valence-corrected chi connectivity index (χ1v) is 10.4. The first-order chi connectivity index (χ1) is 14.2. The maximum Gasteiger partial charge on any atom is 0.250 e. The molecule has 6 nitrogen and oxygen atoms in total. The first-order valence-electron chi connectivity index (χ1n) is 10.4. The highest BCUT2D eigenvalue weighted by molar-refractivity contribution is 5.95. The van der Waals surface area contributed by atoms with Gasteiger partial charge >= 0.3 is 0 Å². The van der Waals surface area contributed by atoms with Crippen LogP contribution in [0.3, 0.4) is 0 Å². The molecule has 0 radical (unpaired) electrons. The van der Waals surface area contributed by atoms with Crippen LogP contribution in [0.15, 0.2) is 47.1 Å². The van der Waals surface area contributed by atoms with Crippen molar-refractivity contribution in [3.8, 4) is 5.75 Å². The van der Waals surface area contributed by atoms with Gasteiger partial charge in [-0.25, -0.2) is 0 Å². The summed E-state index contributed by atoms with van der Waals surface area (Å²) in [7, 11) is 1.61. The van der Waals surface area contributed by atoms with Gasteiger partial charge in [0.05, 0.1) is 19.9 Å². The van der Waals surface area contributed by atoms with Crippen LogP contribution in [0.2, 0.25) is 0 Å². The molecule has 1 atom stereocenters. The molecule has 29 heavy (non-hydrogen) atoms. The summed E-state index contributed by atoms with van der Waals surface area (Å²) in [4.78, 5) is 30.3. The number of rotatable bonds is 5. The van der Waals surface area contributed by atoms with Crippen molar-refractivity contribution in [3.63, 3.8) is 0 Å². The van der Waals surface area contributed by atoms with Gasteiger partial charge in [-0.1, -0.05) is 37.8 Å². The normalized spacial score (nSPS) is 21.3. The average Bonchev–Trinajstić information content (AvgIpc) is 3.11. The van der Waals surface area contributed by atoms with E-state index in [9.17, 15) is 9.59 Å². The summed E-state index contributed by atoms with van der Waals surface area (Å²) in [5, 5.41) is 0. The highest BCUT2D eigenvalue weighted by Crippen LogP contribution is 2.33. The minimum Gasteiger partial charge on any atom is -0.497 e. The number of ether oxygens (including phenoxy) is 1. The standard InChI is InChI=1S/C23H28N2O4/c1-28-19-12-10-17(11-13-19)22-23(27)24(18-7-4-2-3-5-8-18)16-21(26)25(22)15-20-9-6-14-29-20/h6,9-14,18,22H,2-5,7-8,15-16H2,1H3. The van der Waals surface area contributed by atoms with Crippen LogP contribution >= 0.6 is 0 Å². The molecule has 1 aliphatic heterocycles.